The SMILES string of the molecule is CC(C)c1ccc(-c2csc(N(Cc3cccs3)Cc3ccccc3C(=O)O)n2)cc1.[H-].[Na+]. The Morgan fingerprint density at radius 2 is 1.78 bits per heavy atom. The molecule has 0 saturated heterocycles. The number of hydrogen-bond acceptors (Lipinski definition) is 5. The molecule has 0 amide bonds. The molecule has 0 unspecified atom stereocenters. The minimum absolute atomic E-state index is 0. The van der Waals surface area contributed by atoms with Crippen molar-refractivity contribution in [3.63, 3.8) is 0 Å². The van der Waals surface area contributed by atoms with Crippen LogP contribution >= 0.6 is 22.7 Å². The third kappa shape index (κ3) is 5.88. The Balaban J connectivity index is 0.00000193. The molecule has 0 spiro atoms. The summed E-state index contributed by atoms with van der Waals surface area (Å²) < 4.78 is 0. The number of thiophene rings is 1. The van der Waals surface area contributed by atoms with Crippen molar-refractivity contribution in [1.82, 2.24) is 4.98 Å². The number of hydrogen-bond donors (Lipinski definition) is 1. The standard InChI is InChI=1S/C25H24N2O2S2.Na.H/c1-17(2)18-9-11-19(12-10-18)23-16-31-25(26-23)27(15-21-7-5-13-30-21)14-20-6-3-4-8-22(20)24(28)29;;/h3-13,16-17H,14-15H2,1-2H3,(H,28,29);;/q;+1;-1. The smallest absolute Gasteiger partial charge is 1.00 e. The number of rotatable bonds is 8. The minimum atomic E-state index is -0.906. The van der Waals surface area contributed by atoms with Crippen LogP contribution in [0.15, 0.2) is 71.4 Å². The first-order chi connectivity index (χ1) is 15.0. The van der Waals surface area contributed by atoms with E-state index in [1.54, 1.807) is 34.8 Å². The van der Waals surface area contributed by atoms with Gasteiger partial charge in [0.25, 0.3) is 0 Å². The molecule has 1 N–H and O–H groups in total. The van der Waals surface area contributed by atoms with E-state index in [2.05, 4.69) is 59.8 Å². The van der Waals surface area contributed by atoms with Crippen LogP contribution < -0.4 is 34.5 Å². The van der Waals surface area contributed by atoms with Crippen LogP contribution in [0.4, 0.5) is 5.13 Å². The van der Waals surface area contributed by atoms with E-state index in [0.717, 1.165) is 22.0 Å². The van der Waals surface area contributed by atoms with E-state index in [4.69, 9.17) is 4.98 Å². The number of carbonyl (C=O) groups is 1. The average Bonchev–Trinajstić information content (AvgIpc) is 3.46. The van der Waals surface area contributed by atoms with Crippen molar-refractivity contribution in [3.05, 3.63) is 93.0 Å². The summed E-state index contributed by atoms with van der Waals surface area (Å²) in [6, 6.07) is 19.9. The number of thiazole rings is 1. The van der Waals surface area contributed by atoms with Gasteiger partial charge in [-0.25, -0.2) is 9.78 Å². The topological polar surface area (TPSA) is 53.4 Å². The number of aromatic carboxylic acids is 1. The maximum absolute atomic E-state index is 11.7. The molecule has 7 heteroatoms. The first-order valence-electron chi connectivity index (χ1n) is 10.2. The van der Waals surface area contributed by atoms with Crippen LogP contribution in [0.1, 0.15) is 47.6 Å². The van der Waals surface area contributed by atoms with Gasteiger partial charge in [-0.2, -0.15) is 0 Å². The maximum atomic E-state index is 11.7. The van der Waals surface area contributed by atoms with Gasteiger partial charge in [-0.3, -0.25) is 0 Å². The van der Waals surface area contributed by atoms with Gasteiger partial charge in [-0.15, -0.1) is 22.7 Å². The molecule has 0 fully saturated rings. The van der Waals surface area contributed by atoms with Gasteiger partial charge in [-0.05, 0) is 34.6 Å². The Kier molecular flexibility index (Phi) is 8.68. The molecule has 0 saturated carbocycles. The van der Waals surface area contributed by atoms with Crippen molar-refractivity contribution in [2.24, 2.45) is 0 Å². The average molecular weight is 473 g/mol. The van der Waals surface area contributed by atoms with Crippen LogP contribution in [0.3, 0.4) is 0 Å². The number of carboxylic acids is 1. The van der Waals surface area contributed by atoms with Crippen LogP contribution in [0.5, 0.6) is 0 Å². The summed E-state index contributed by atoms with van der Waals surface area (Å²) in [6.45, 7) is 5.55. The van der Waals surface area contributed by atoms with E-state index in [1.165, 1.54) is 10.4 Å². The number of aromatic nitrogens is 1. The van der Waals surface area contributed by atoms with Crippen molar-refractivity contribution in [3.8, 4) is 11.3 Å². The molecule has 4 nitrogen and oxygen atoms in total. The van der Waals surface area contributed by atoms with Gasteiger partial charge in [0, 0.05) is 22.4 Å². The predicted octanol–water partition coefficient (Wildman–Crippen LogP) is 4.02. The quantitative estimate of drug-likeness (QED) is 0.394. The molecule has 0 atom stereocenters. The second-order valence-corrected chi connectivity index (χ2v) is 9.56. The molecule has 32 heavy (non-hydrogen) atoms. The molecule has 0 aliphatic carbocycles. The van der Waals surface area contributed by atoms with Gasteiger partial charge >= 0.3 is 35.5 Å². The fraction of sp³-hybridized carbons (Fsp3) is 0.200. The number of benzene rings is 2. The predicted molar refractivity (Wildman–Crippen MR) is 130 cm³/mol. The summed E-state index contributed by atoms with van der Waals surface area (Å²) in [4.78, 5) is 20.0. The van der Waals surface area contributed by atoms with Crippen LogP contribution in [0.2, 0.25) is 0 Å². The molecular weight excluding hydrogens is 447 g/mol. The van der Waals surface area contributed by atoms with Crippen LogP contribution in [0, 0.1) is 0 Å². The van der Waals surface area contributed by atoms with Gasteiger partial charge in [0.15, 0.2) is 5.13 Å². The van der Waals surface area contributed by atoms with Gasteiger partial charge in [0.05, 0.1) is 17.8 Å². The molecule has 2 aromatic heterocycles. The molecule has 0 bridgehead atoms. The minimum Gasteiger partial charge on any atom is -1.00 e. The normalized spacial score (nSPS) is 10.7. The first-order valence-corrected chi connectivity index (χ1v) is 11.9. The van der Waals surface area contributed by atoms with Crippen molar-refractivity contribution in [2.75, 3.05) is 4.90 Å². The summed E-state index contributed by atoms with van der Waals surface area (Å²) in [5, 5.41) is 14.6. The zero-order valence-corrected chi connectivity index (χ0v) is 22.1. The van der Waals surface area contributed by atoms with E-state index in [0.29, 0.717) is 24.6 Å². The summed E-state index contributed by atoms with van der Waals surface area (Å²) in [7, 11) is 0. The molecule has 0 aliphatic rings. The molecule has 4 aromatic rings. The summed E-state index contributed by atoms with van der Waals surface area (Å²) in [5.41, 5.74) is 4.46. The molecule has 4 rings (SSSR count). The Hall–Kier alpha value is -1.96. The number of anilines is 1. The fourth-order valence-electron chi connectivity index (χ4n) is 3.44. The zero-order valence-electron chi connectivity index (χ0n) is 19.5. The number of carboxylic acid groups (broad SMARTS) is 1. The Bertz CT molecular complexity index is 1160. The Morgan fingerprint density at radius 3 is 2.44 bits per heavy atom. The van der Waals surface area contributed by atoms with Crippen molar-refractivity contribution < 1.29 is 40.9 Å². The van der Waals surface area contributed by atoms with Crippen LogP contribution in [-0.4, -0.2) is 16.1 Å². The van der Waals surface area contributed by atoms with E-state index >= 15 is 0 Å². The Labute approximate surface area is 220 Å². The van der Waals surface area contributed by atoms with Gasteiger partial charge in [0.1, 0.15) is 0 Å². The second-order valence-electron chi connectivity index (χ2n) is 7.69. The van der Waals surface area contributed by atoms with Crippen molar-refractivity contribution >= 4 is 33.8 Å². The maximum Gasteiger partial charge on any atom is 1.00 e. The molecule has 0 radical (unpaired) electrons. The van der Waals surface area contributed by atoms with Gasteiger partial charge < -0.3 is 11.4 Å². The molecule has 2 aromatic carbocycles. The van der Waals surface area contributed by atoms with Crippen molar-refractivity contribution in [1.29, 1.82) is 0 Å². The fourth-order valence-corrected chi connectivity index (χ4v) is 4.99. The molecule has 2 heterocycles. The first kappa shape index (κ1) is 24.7. The third-order valence-electron chi connectivity index (χ3n) is 5.17. The summed E-state index contributed by atoms with van der Waals surface area (Å²) in [6.07, 6.45) is 0. The number of nitrogens with zero attached hydrogens (tertiary/aromatic N) is 2. The molecular formula is C25H25N2NaO2S2. The third-order valence-corrected chi connectivity index (χ3v) is 6.93. The second kappa shape index (κ2) is 11.3. The largest absolute Gasteiger partial charge is 1.00 e. The van der Waals surface area contributed by atoms with Gasteiger partial charge in [-0.1, -0.05) is 62.4 Å². The Morgan fingerprint density at radius 1 is 1.03 bits per heavy atom. The zero-order chi connectivity index (χ0) is 21.8. The van der Waals surface area contributed by atoms with Gasteiger partial charge in [0.2, 0.25) is 0 Å². The molecule has 160 valence electrons. The van der Waals surface area contributed by atoms with E-state index in [9.17, 15) is 9.90 Å². The van der Waals surface area contributed by atoms with E-state index < -0.39 is 5.97 Å². The van der Waals surface area contributed by atoms with E-state index in [-0.39, 0.29) is 31.0 Å². The molecule has 0 aliphatic heterocycles. The summed E-state index contributed by atoms with van der Waals surface area (Å²) >= 11 is 3.28. The monoisotopic (exact) mass is 472 g/mol. The summed E-state index contributed by atoms with van der Waals surface area (Å²) in [5.74, 6) is -0.410. The van der Waals surface area contributed by atoms with Crippen molar-refractivity contribution in [2.45, 2.75) is 32.9 Å². The van der Waals surface area contributed by atoms with Crippen LogP contribution in [-0.2, 0) is 13.1 Å². The van der Waals surface area contributed by atoms with E-state index in [1.807, 2.05) is 18.2 Å². The van der Waals surface area contributed by atoms with Crippen LogP contribution in [0.25, 0.3) is 11.3 Å².